The fourth-order valence-corrected chi connectivity index (χ4v) is 2.47. The van der Waals surface area contributed by atoms with Crippen molar-refractivity contribution in [3.05, 3.63) is 30.0 Å². The Labute approximate surface area is 115 Å². The maximum Gasteiger partial charge on any atom is 0.0727 e. The molecule has 0 aliphatic rings. The van der Waals surface area contributed by atoms with Gasteiger partial charge < -0.3 is 10.2 Å². The fraction of sp³-hybridized carbons (Fsp3) is 0.438. The summed E-state index contributed by atoms with van der Waals surface area (Å²) in [7, 11) is 0. The van der Waals surface area contributed by atoms with Crippen LogP contribution < -0.4 is 10.2 Å². The van der Waals surface area contributed by atoms with E-state index >= 15 is 0 Å². The van der Waals surface area contributed by atoms with Crippen LogP contribution in [0.1, 0.15) is 26.5 Å². The van der Waals surface area contributed by atoms with Crippen LogP contribution in [0.15, 0.2) is 24.3 Å². The van der Waals surface area contributed by atoms with Crippen molar-refractivity contribution >= 4 is 22.3 Å². The molecule has 1 aromatic carbocycles. The Morgan fingerprint density at radius 2 is 1.84 bits per heavy atom. The van der Waals surface area contributed by atoms with E-state index in [-0.39, 0.29) is 0 Å². The number of aryl methyl sites for hydroxylation is 1. The highest BCUT2D eigenvalue weighted by molar-refractivity contribution is 5.93. The lowest BCUT2D eigenvalue weighted by Gasteiger charge is -2.22. The Morgan fingerprint density at radius 1 is 1.11 bits per heavy atom. The summed E-state index contributed by atoms with van der Waals surface area (Å²) in [6.07, 6.45) is 0. The number of fused-ring (bicyclic) bond motifs is 1. The smallest absolute Gasteiger partial charge is 0.0727 e. The molecule has 102 valence electrons. The number of nitrogens with one attached hydrogen (secondary N) is 1. The zero-order chi connectivity index (χ0) is 13.8. The van der Waals surface area contributed by atoms with Crippen molar-refractivity contribution in [1.29, 1.82) is 0 Å². The fourth-order valence-electron chi connectivity index (χ4n) is 2.47. The Kier molecular flexibility index (Phi) is 4.25. The number of hydrogen-bond donors (Lipinski definition) is 1. The highest BCUT2D eigenvalue weighted by Crippen LogP contribution is 2.27. The van der Waals surface area contributed by atoms with Crippen LogP contribution in [-0.4, -0.2) is 24.6 Å². The molecule has 1 aromatic heterocycles. The van der Waals surface area contributed by atoms with Gasteiger partial charge in [-0.05, 0) is 52.0 Å². The summed E-state index contributed by atoms with van der Waals surface area (Å²) < 4.78 is 0. The Morgan fingerprint density at radius 3 is 2.47 bits per heavy atom. The van der Waals surface area contributed by atoms with Gasteiger partial charge in [-0.3, -0.25) is 4.98 Å². The van der Waals surface area contributed by atoms with Gasteiger partial charge in [-0.15, -0.1) is 0 Å². The summed E-state index contributed by atoms with van der Waals surface area (Å²) in [6.45, 7) is 11.5. The van der Waals surface area contributed by atoms with Crippen molar-refractivity contribution in [3.63, 3.8) is 0 Å². The second-order valence-corrected chi connectivity index (χ2v) is 4.72. The van der Waals surface area contributed by atoms with Crippen LogP contribution in [0.2, 0.25) is 0 Å². The van der Waals surface area contributed by atoms with Crippen molar-refractivity contribution in [1.82, 2.24) is 4.98 Å². The van der Waals surface area contributed by atoms with Crippen molar-refractivity contribution in [2.75, 3.05) is 29.9 Å². The van der Waals surface area contributed by atoms with Crippen molar-refractivity contribution in [2.45, 2.75) is 27.7 Å². The zero-order valence-corrected chi connectivity index (χ0v) is 12.3. The summed E-state index contributed by atoms with van der Waals surface area (Å²) >= 11 is 0. The minimum absolute atomic E-state index is 0.925. The van der Waals surface area contributed by atoms with Gasteiger partial charge in [0.1, 0.15) is 0 Å². The topological polar surface area (TPSA) is 28.2 Å². The summed E-state index contributed by atoms with van der Waals surface area (Å²) in [5.74, 6) is 0. The standard InChI is InChI=1S/C16H23N3/c1-5-17-16-10-12(4)18-15-9-8-13(11-14(15)16)19(6-2)7-3/h8-11H,5-7H2,1-4H3,(H,17,18). The van der Waals surface area contributed by atoms with E-state index in [2.05, 4.69) is 60.2 Å². The quantitative estimate of drug-likeness (QED) is 0.882. The summed E-state index contributed by atoms with van der Waals surface area (Å²) in [5.41, 5.74) is 4.56. The molecule has 0 atom stereocenters. The van der Waals surface area contributed by atoms with Gasteiger partial charge in [0.2, 0.25) is 0 Å². The normalized spacial score (nSPS) is 10.7. The lowest BCUT2D eigenvalue weighted by atomic mass is 10.1. The average Bonchev–Trinajstić information content (AvgIpc) is 2.41. The van der Waals surface area contributed by atoms with Crippen LogP contribution in [0.25, 0.3) is 10.9 Å². The third-order valence-corrected chi connectivity index (χ3v) is 3.42. The molecule has 0 unspecified atom stereocenters. The van der Waals surface area contributed by atoms with Crippen molar-refractivity contribution in [2.24, 2.45) is 0 Å². The van der Waals surface area contributed by atoms with Gasteiger partial charge in [-0.1, -0.05) is 0 Å². The SMILES string of the molecule is CCNc1cc(C)nc2ccc(N(CC)CC)cc12. The highest BCUT2D eigenvalue weighted by Gasteiger charge is 2.07. The minimum Gasteiger partial charge on any atom is -0.385 e. The van der Waals surface area contributed by atoms with Gasteiger partial charge in [-0.25, -0.2) is 0 Å². The van der Waals surface area contributed by atoms with Gasteiger partial charge in [0.15, 0.2) is 0 Å². The molecule has 0 bridgehead atoms. The lowest BCUT2D eigenvalue weighted by Crippen LogP contribution is -2.21. The van der Waals surface area contributed by atoms with E-state index in [1.54, 1.807) is 0 Å². The van der Waals surface area contributed by atoms with Gasteiger partial charge in [0.05, 0.1) is 5.52 Å². The van der Waals surface area contributed by atoms with Crippen LogP contribution in [0.4, 0.5) is 11.4 Å². The first kappa shape index (κ1) is 13.7. The molecule has 2 rings (SSSR count). The minimum atomic E-state index is 0.925. The number of hydrogen-bond acceptors (Lipinski definition) is 3. The molecular formula is C16H23N3. The third-order valence-electron chi connectivity index (χ3n) is 3.42. The maximum absolute atomic E-state index is 4.61. The predicted octanol–water partition coefficient (Wildman–Crippen LogP) is 3.82. The van der Waals surface area contributed by atoms with E-state index in [1.165, 1.54) is 16.8 Å². The van der Waals surface area contributed by atoms with E-state index < -0.39 is 0 Å². The van der Waals surface area contributed by atoms with Gasteiger partial charge in [-0.2, -0.15) is 0 Å². The molecule has 0 radical (unpaired) electrons. The van der Waals surface area contributed by atoms with Gasteiger partial charge >= 0.3 is 0 Å². The molecule has 2 aromatic rings. The Bertz CT molecular complexity index is 559. The first-order valence-electron chi connectivity index (χ1n) is 7.09. The van der Waals surface area contributed by atoms with Gasteiger partial charge in [0.25, 0.3) is 0 Å². The number of rotatable bonds is 5. The zero-order valence-electron chi connectivity index (χ0n) is 12.3. The number of aromatic nitrogens is 1. The molecule has 1 heterocycles. The third kappa shape index (κ3) is 2.80. The predicted molar refractivity (Wildman–Crippen MR) is 84.2 cm³/mol. The number of nitrogens with zero attached hydrogens (tertiary/aromatic N) is 2. The van der Waals surface area contributed by atoms with Crippen LogP contribution >= 0.6 is 0 Å². The van der Waals surface area contributed by atoms with Crippen LogP contribution in [0, 0.1) is 6.92 Å². The van der Waals surface area contributed by atoms with Crippen LogP contribution in [0.3, 0.4) is 0 Å². The second-order valence-electron chi connectivity index (χ2n) is 4.72. The highest BCUT2D eigenvalue weighted by atomic mass is 15.1. The molecule has 3 heteroatoms. The molecule has 0 aliphatic carbocycles. The molecular weight excluding hydrogens is 234 g/mol. The lowest BCUT2D eigenvalue weighted by molar-refractivity contribution is 0.867. The van der Waals surface area contributed by atoms with Crippen molar-refractivity contribution in [3.8, 4) is 0 Å². The molecule has 1 N–H and O–H groups in total. The summed E-state index contributed by atoms with van der Waals surface area (Å²) in [6, 6.07) is 8.65. The van der Waals surface area contributed by atoms with E-state index in [1.807, 2.05) is 6.92 Å². The molecule has 0 saturated carbocycles. The molecule has 0 fully saturated rings. The number of anilines is 2. The summed E-state index contributed by atoms with van der Waals surface area (Å²) in [5, 5.41) is 4.64. The molecule has 0 spiro atoms. The Hall–Kier alpha value is -1.77. The molecule has 0 saturated heterocycles. The van der Waals surface area contributed by atoms with E-state index in [4.69, 9.17) is 0 Å². The Balaban J connectivity index is 2.56. The van der Waals surface area contributed by atoms with Crippen molar-refractivity contribution < 1.29 is 0 Å². The van der Waals surface area contributed by atoms with Crippen LogP contribution in [0.5, 0.6) is 0 Å². The molecule has 0 amide bonds. The van der Waals surface area contributed by atoms with E-state index in [0.29, 0.717) is 0 Å². The first-order chi connectivity index (χ1) is 9.19. The number of benzene rings is 1. The van der Waals surface area contributed by atoms with E-state index in [0.717, 1.165) is 30.8 Å². The largest absolute Gasteiger partial charge is 0.385 e. The average molecular weight is 257 g/mol. The van der Waals surface area contributed by atoms with Crippen LogP contribution in [-0.2, 0) is 0 Å². The second kappa shape index (κ2) is 5.91. The summed E-state index contributed by atoms with van der Waals surface area (Å²) in [4.78, 5) is 6.97. The van der Waals surface area contributed by atoms with Gasteiger partial charge in [0, 0.05) is 42.1 Å². The number of pyridine rings is 1. The first-order valence-corrected chi connectivity index (χ1v) is 7.09. The maximum atomic E-state index is 4.61. The monoisotopic (exact) mass is 257 g/mol. The molecule has 3 nitrogen and oxygen atoms in total. The van der Waals surface area contributed by atoms with E-state index in [9.17, 15) is 0 Å². The molecule has 19 heavy (non-hydrogen) atoms. The molecule has 0 aliphatic heterocycles.